The van der Waals surface area contributed by atoms with E-state index < -0.39 is 34.3 Å². The molecule has 2 aliphatic heterocycles. The van der Waals surface area contributed by atoms with Crippen molar-refractivity contribution < 1.29 is 24.0 Å². The van der Waals surface area contributed by atoms with Gasteiger partial charge in [-0.3, -0.25) is 24.6 Å². The zero-order valence-electron chi connectivity index (χ0n) is 23.8. The number of thiophene rings is 1. The van der Waals surface area contributed by atoms with E-state index in [4.69, 9.17) is 4.74 Å². The summed E-state index contributed by atoms with van der Waals surface area (Å²) < 4.78 is 6.18. The van der Waals surface area contributed by atoms with E-state index in [0.717, 1.165) is 16.0 Å². The molecule has 1 saturated heterocycles. The van der Waals surface area contributed by atoms with Crippen LogP contribution in [0, 0.1) is 10.1 Å². The number of ether oxygens (including phenoxy) is 1. The van der Waals surface area contributed by atoms with Crippen molar-refractivity contribution in [1.82, 2.24) is 10.2 Å². The second-order valence-corrected chi connectivity index (χ2v) is 12.5. The molecule has 0 spiro atoms. The van der Waals surface area contributed by atoms with Crippen LogP contribution in [0.4, 0.5) is 5.69 Å². The Labute approximate surface area is 267 Å². The summed E-state index contributed by atoms with van der Waals surface area (Å²) in [6.45, 7) is 0. The van der Waals surface area contributed by atoms with Crippen molar-refractivity contribution in [2.45, 2.75) is 23.9 Å². The molecule has 3 aromatic carbocycles. The van der Waals surface area contributed by atoms with Crippen molar-refractivity contribution in [2.24, 2.45) is 0 Å². The fourth-order valence-corrected chi connectivity index (χ4v) is 7.23. The average Bonchev–Trinajstić information content (AvgIpc) is 3.58. The lowest BCUT2D eigenvalue weighted by atomic mass is 10.00. The highest BCUT2D eigenvalue weighted by Gasteiger charge is 2.54. The minimum atomic E-state index is -0.774. The van der Waals surface area contributed by atoms with Crippen LogP contribution in [0.3, 0.4) is 0 Å². The molecule has 3 heterocycles. The molecule has 0 saturated carbocycles. The monoisotopic (exact) mass is 637 g/mol. The zero-order valence-corrected chi connectivity index (χ0v) is 25.4. The predicted octanol–water partition coefficient (Wildman–Crippen LogP) is 5.90. The van der Waals surface area contributed by atoms with Gasteiger partial charge < -0.3 is 10.1 Å². The average molecular weight is 638 g/mol. The molecule has 2 aliphatic rings. The van der Waals surface area contributed by atoms with Gasteiger partial charge in [0.2, 0.25) is 5.91 Å². The number of nitro groups is 1. The maximum Gasteiger partial charge on any atom is 0.356 e. The molecule has 0 unspecified atom stereocenters. The van der Waals surface area contributed by atoms with E-state index in [2.05, 4.69) is 5.32 Å². The molecule has 1 fully saturated rings. The summed E-state index contributed by atoms with van der Waals surface area (Å²) in [5.74, 6) is -0.948. The normalized spacial score (nSPS) is 17.6. The number of β-lactam (4-membered cyclic amide) rings is 1. The van der Waals surface area contributed by atoms with Gasteiger partial charge in [-0.25, -0.2) is 4.79 Å². The number of nitrogens with one attached hydrogen (secondary N) is 1. The number of nitrogens with zero attached hydrogens (tertiary/aromatic N) is 2. The largest absolute Gasteiger partial charge is 0.448 e. The fourth-order valence-electron chi connectivity index (χ4n) is 5.21. The quantitative estimate of drug-likeness (QED) is 0.0996. The first-order chi connectivity index (χ1) is 21.9. The van der Waals surface area contributed by atoms with Crippen molar-refractivity contribution in [3.05, 3.63) is 151 Å². The van der Waals surface area contributed by atoms with Gasteiger partial charge in [0, 0.05) is 22.8 Å². The Morgan fingerprint density at radius 3 is 2.22 bits per heavy atom. The van der Waals surface area contributed by atoms with Gasteiger partial charge in [0.1, 0.15) is 17.1 Å². The molecule has 2 atom stereocenters. The van der Waals surface area contributed by atoms with Crippen molar-refractivity contribution >= 4 is 52.6 Å². The van der Waals surface area contributed by atoms with E-state index in [0.29, 0.717) is 16.9 Å². The number of amides is 2. The molecule has 45 heavy (non-hydrogen) atoms. The van der Waals surface area contributed by atoms with Crippen LogP contribution in [0.25, 0.3) is 6.08 Å². The number of fused-ring (bicyclic) bond motifs is 1. The fraction of sp³-hybridized carbons (Fsp3) is 0.147. The predicted molar refractivity (Wildman–Crippen MR) is 173 cm³/mol. The lowest BCUT2D eigenvalue weighted by molar-refractivity contribution is -0.384. The van der Waals surface area contributed by atoms with Crippen molar-refractivity contribution in [1.29, 1.82) is 0 Å². The summed E-state index contributed by atoms with van der Waals surface area (Å²) in [4.78, 5) is 53.3. The van der Waals surface area contributed by atoms with Crippen LogP contribution in [0.2, 0.25) is 0 Å². The number of benzene rings is 3. The summed E-state index contributed by atoms with van der Waals surface area (Å²) in [7, 11) is 0. The molecular formula is C34H27N3O6S2. The summed E-state index contributed by atoms with van der Waals surface area (Å²) in [6.07, 6.45) is 2.92. The molecule has 6 rings (SSSR count). The van der Waals surface area contributed by atoms with Gasteiger partial charge in [-0.2, -0.15) is 0 Å². The van der Waals surface area contributed by atoms with Crippen molar-refractivity contribution in [3.8, 4) is 0 Å². The Balaban J connectivity index is 1.30. The number of nitro benzene ring substituents is 1. The topological polar surface area (TPSA) is 119 Å². The summed E-state index contributed by atoms with van der Waals surface area (Å²) in [6, 6.07) is 27.7. The smallest absolute Gasteiger partial charge is 0.356 e. The van der Waals surface area contributed by atoms with Gasteiger partial charge in [-0.05, 0) is 45.8 Å². The van der Waals surface area contributed by atoms with Crippen LogP contribution < -0.4 is 5.32 Å². The Bertz CT molecular complexity index is 1730. The number of thioether (sulfide) groups is 1. The van der Waals surface area contributed by atoms with Crippen molar-refractivity contribution in [2.75, 3.05) is 5.75 Å². The molecule has 2 amide bonds. The third kappa shape index (κ3) is 6.59. The molecule has 1 aromatic heterocycles. The highest BCUT2D eigenvalue weighted by molar-refractivity contribution is 8.00. The first kappa shape index (κ1) is 30.0. The number of hydrogen-bond acceptors (Lipinski definition) is 8. The third-order valence-corrected chi connectivity index (χ3v) is 9.61. The molecule has 11 heteroatoms. The number of rotatable bonds is 10. The summed E-state index contributed by atoms with van der Waals surface area (Å²) >= 11 is 2.91. The first-order valence-corrected chi connectivity index (χ1v) is 16.0. The van der Waals surface area contributed by atoms with Gasteiger partial charge in [-0.15, -0.1) is 23.1 Å². The second kappa shape index (κ2) is 13.3. The minimum absolute atomic E-state index is 0.0297. The van der Waals surface area contributed by atoms with Gasteiger partial charge >= 0.3 is 5.97 Å². The number of hydrogen-bond donors (Lipinski definition) is 1. The Kier molecular flexibility index (Phi) is 8.90. The lowest BCUT2D eigenvalue weighted by Gasteiger charge is -2.49. The number of esters is 1. The maximum atomic E-state index is 14.1. The van der Waals surface area contributed by atoms with E-state index >= 15 is 0 Å². The number of non-ortho nitro benzene ring substituents is 1. The Hall–Kier alpha value is -5.00. The highest BCUT2D eigenvalue weighted by atomic mass is 32.2. The van der Waals surface area contributed by atoms with Gasteiger partial charge in [0.25, 0.3) is 11.6 Å². The molecule has 226 valence electrons. The summed E-state index contributed by atoms with van der Waals surface area (Å²) in [5.41, 5.74) is 2.89. The summed E-state index contributed by atoms with van der Waals surface area (Å²) in [5, 5.41) is 15.3. The van der Waals surface area contributed by atoms with Crippen LogP contribution in [-0.2, 0) is 25.5 Å². The van der Waals surface area contributed by atoms with E-state index in [1.807, 2.05) is 78.2 Å². The first-order valence-electron chi connectivity index (χ1n) is 14.1. The number of carbonyl (C=O) groups is 3. The molecule has 0 bridgehead atoms. The van der Waals surface area contributed by atoms with Crippen LogP contribution >= 0.6 is 23.1 Å². The molecule has 9 nitrogen and oxygen atoms in total. The van der Waals surface area contributed by atoms with Gasteiger partial charge in [0.05, 0.1) is 11.3 Å². The van der Waals surface area contributed by atoms with Crippen LogP contribution in [0.15, 0.2) is 120 Å². The van der Waals surface area contributed by atoms with Crippen molar-refractivity contribution in [3.63, 3.8) is 0 Å². The van der Waals surface area contributed by atoms with E-state index in [9.17, 15) is 24.5 Å². The maximum absolute atomic E-state index is 14.1. The highest BCUT2D eigenvalue weighted by Crippen LogP contribution is 2.42. The molecule has 1 N–H and O–H groups in total. The Morgan fingerprint density at radius 1 is 0.956 bits per heavy atom. The molecule has 4 aromatic rings. The molecular weight excluding hydrogens is 611 g/mol. The van der Waals surface area contributed by atoms with Gasteiger partial charge in [-0.1, -0.05) is 78.9 Å². The minimum Gasteiger partial charge on any atom is -0.448 e. The van der Waals surface area contributed by atoms with E-state index in [1.165, 1.54) is 40.1 Å². The number of carbonyl (C=O) groups excluding carboxylic acids is 3. The lowest BCUT2D eigenvalue weighted by Crippen LogP contribution is -2.70. The van der Waals surface area contributed by atoms with E-state index in [1.54, 1.807) is 24.3 Å². The Morgan fingerprint density at radius 2 is 1.62 bits per heavy atom. The van der Waals surface area contributed by atoms with E-state index in [-0.39, 0.29) is 23.7 Å². The number of allylic oxidation sites excluding steroid dienone is 1. The van der Waals surface area contributed by atoms with Gasteiger partial charge in [0.15, 0.2) is 6.10 Å². The molecule has 0 aliphatic carbocycles. The van der Waals surface area contributed by atoms with Crippen LogP contribution in [0.5, 0.6) is 0 Å². The zero-order chi connectivity index (χ0) is 31.3. The molecule has 0 radical (unpaired) electrons. The van der Waals surface area contributed by atoms with Crippen LogP contribution in [-0.4, -0.2) is 44.8 Å². The van der Waals surface area contributed by atoms with Crippen LogP contribution in [0.1, 0.15) is 27.7 Å². The second-order valence-electron chi connectivity index (χ2n) is 10.4. The SMILES string of the molecule is O=C(Cc1cccs1)N[C@@H]1C(=O)N2C(C(=O)OC(c3ccccc3)c3ccccc3)=C(C=Cc3ccc([N+](=O)[O-])cc3)CS[C@H]12. The third-order valence-electron chi connectivity index (χ3n) is 7.43. The standard InChI is InChI=1S/C34H27N3O6S2/c38-28(20-27-12-7-19-44-27)35-29-32(39)36-30(25(21-45-33(29)36)16-13-22-14-17-26(18-15-22)37(41)42)34(40)43-31(23-8-3-1-4-9-23)24-10-5-2-6-11-24/h1-19,29,31,33H,20-21H2,(H,35,38)/t29-,33-/m1/s1.